The smallest absolute Gasteiger partial charge is 0.338 e. The van der Waals surface area contributed by atoms with Crippen LogP contribution in [-0.4, -0.2) is 26.4 Å². The predicted octanol–water partition coefficient (Wildman–Crippen LogP) is 4.84. The number of esters is 1. The van der Waals surface area contributed by atoms with E-state index in [1.807, 2.05) is 19.1 Å². The van der Waals surface area contributed by atoms with Gasteiger partial charge in [0.05, 0.1) is 10.5 Å². The maximum atomic E-state index is 12.7. The average molecular weight is 578 g/mol. The number of carbonyl (C=O) groups excluding carboxylic acids is 2. The second-order valence-electron chi connectivity index (χ2n) is 7.23. The minimum atomic E-state index is -3.91. The highest BCUT2D eigenvalue weighted by molar-refractivity contribution is 14.1. The van der Waals surface area contributed by atoms with Gasteiger partial charge in [0.1, 0.15) is 0 Å². The Bertz CT molecular complexity index is 1240. The number of ether oxygens (including phenoxy) is 1. The molecule has 3 rings (SSSR count). The molecule has 0 saturated carbocycles. The number of rotatable bonds is 8. The largest absolute Gasteiger partial charge is 0.449 e. The van der Waals surface area contributed by atoms with Crippen molar-refractivity contribution in [2.24, 2.45) is 0 Å². The standard InChI is InChI=1S/C24H23IN2O5S/c1-3-17-7-11-20(12-8-17)26-23(28)16(2)32-24(29)18-5-4-6-22(15-18)33(30,31)27-21-13-9-19(25)10-14-21/h4-16,27H,3H2,1-2H3,(H,26,28)/t16-/m0/s1. The van der Waals surface area contributed by atoms with Crippen LogP contribution in [-0.2, 0) is 26.0 Å². The molecule has 2 N–H and O–H groups in total. The van der Waals surface area contributed by atoms with Gasteiger partial charge in [0, 0.05) is 14.9 Å². The lowest BCUT2D eigenvalue weighted by Crippen LogP contribution is -2.30. The topological polar surface area (TPSA) is 102 Å². The first-order chi connectivity index (χ1) is 15.7. The van der Waals surface area contributed by atoms with Crippen LogP contribution in [0.4, 0.5) is 11.4 Å². The van der Waals surface area contributed by atoms with Gasteiger partial charge in [-0.15, -0.1) is 0 Å². The van der Waals surface area contributed by atoms with Gasteiger partial charge in [0.15, 0.2) is 6.10 Å². The van der Waals surface area contributed by atoms with Gasteiger partial charge in [-0.25, -0.2) is 13.2 Å². The van der Waals surface area contributed by atoms with Crippen LogP contribution in [0.5, 0.6) is 0 Å². The number of amides is 1. The molecule has 172 valence electrons. The first kappa shape index (κ1) is 24.7. The van der Waals surface area contributed by atoms with Crippen LogP contribution in [0, 0.1) is 3.57 Å². The zero-order chi connectivity index (χ0) is 24.0. The molecule has 0 aliphatic heterocycles. The van der Waals surface area contributed by atoms with Gasteiger partial charge in [-0.3, -0.25) is 9.52 Å². The van der Waals surface area contributed by atoms with Crippen molar-refractivity contribution in [1.29, 1.82) is 0 Å². The lowest BCUT2D eigenvalue weighted by molar-refractivity contribution is -0.123. The Balaban J connectivity index is 1.66. The Labute approximate surface area is 206 Å². The van der Waals surface area contributed by atoms with E-state index in [1.165, 1.54) is 31.2 Å². The van der Waals surface area contributed by atoms with Crippen LogP contribution in [0.3, 0.4) is 0 Å². The number of nitrogens with one attached hydrogen (secondary N) is 2. The molecule has 33 heavy (non-hydrogen) atoms. The molecular formula is C24H23IN2O5S. The maximum absolute atomic E-state index is 12.7. The van der Waals surface area contributed by atoms with E-state index in [0.717, 1.165) is 15.6 Å². The third-order valence-electron chi connectivity index (χ3n) is 4.76. The Morgan fingerprint density at radius 1 is 0.970 bits per heavy atom. The number of sulfonamides is 1. The molecule has 0 bridgehead atoms. The molecule has 0 aliphatic rings. The molecule has 7 nitrogen and oxygen atoms in total. The highest BCUT2D eigenvalue weighted by Gasteiger charge is 2.21. The number of aryl methyl sites for hydroxylation is 1. The van der Waals surface area contributed by atoms with Crippen molar-refractivity contribution < 1.29 is 22.7 Å². The number of carbonyl (C=O) groups is 2. The van der Waals surface area contributed by atoms with Crippen LogP contribution in [0.2, 0.25) is 0 Å². The molecule has 0 fully saturated rings. The van der Waals surface area contributed by atoms with Crippen molar-refractivity contribution in [3.63, 3.8) is 0 Å². The van der Waals surface area contributed by atoms with Crippen molar-refractivity contribution >= 4 is 55.9 Å². The summed E-state index contributed by atoms with van der Waals surface area (Å²) in [7, 11) is -3.91. The zero-order valence-electron chi connectivity index (χ0n) is 18.0. The average Bonchev–Trinajstić information content (AvgIpc) is 2.81. The first-order valence-corrected chi connectivity index (χ1v) is 12.7. The third kappa shape index (κ3) is 6.78. The summed E-state index contributed by atoms with van der Waals surface area (Å²) >= 11 is 2.12. The highest BCUT2D eigenvalue weighted by atomic mass is 127. The predicted molar refractivity (Wildman–Crippen MR) is 136 cm³/mol. The van der Waals surface area contributed by atoms with Gasteiger partial charge in [-0.2, -0.15) is 0 Å². The van der Waals surface area contributed by atoms with Crippen LogP contribution in [0.15, 0.2) is 77.7 Å². The van der Waals surface area contributed by atoms with Crippen LogP contribution in [0.25, 0.3) is 0 Å². The monoisotopic (exact) mass is 578 g/mol. The lowest BCUT2D eigenvalue weighted by atomic mass is 10.1. The molecule has 0 heterocycles. The van der Waals surface area contributed by atoms with E-state index in [2.05, 4.69) is 32.6 Å². The second kappa shape index (κ2) is 10.8. The summed E-state index contributed by atoms with van der Waals surface area (Å²) < 4.78 is 34.1. The van der Waals surface area contributed by atoms with Gasteiger partial charge in [-0.05, 0) is 96.1 Å². The molecule has 3 aromatic rings. The summed E-state index contributed by atoms with van der Waals surface area (Å²) in [5, 5.41) is 2.69. The molecule has 0 saturated heterocycles. The minimum absolute atomic E-state index is 0.0208. The summed E-state index contributed by atoms with van der Waals surface area (Å²) in [6, 6.07) is 19.7. The third-order valence-corrected chi connectivity index (χ3v) is 6.86. The summed E-state index contributed by atoms with van der Waals surface area (Å²) in [6.07, 6.45) is -0.189. The molecule has 0 radical (unpaired) electrons. The van der Waals surface area contributed by atoms with Crippen molar-refractivity contribution in [2.75, 3.05) is 10.0 Å². The van der Waals surface area contributed by atoms with Crippen molar-refractivity contribution in [3.8, 4) is 0 Å². The van der Waals surface area contributed by atoms with Crippen LogP contribution >= 0.6 is 22.6 Å². The Morgan fingerprint density at radius 3 is 2.24 bits per heavy atom. The normalized spacial score (nSPS) is 12.0. The molecular weight excluding hydrogens is 555 g/mol. The summed E-state index contributed by atoms with van der Waals surface area (Å²) in [5.41, 5.74) is 2.15. The van der Waals surface area contributed by atoms with E-state index >= 15 is 0 Å². The number of hydrogen-bond donors (Lipinski definition) is 2. The van der Waals surface area contributed by atoms with Gasteiger partial charge >= 0.3 is 5.97 Å². The first-order valence-electron chi connectivity index (χ1n) is 10.2. The van der Waals surface area contributed by atoms with Gasteiger partial charge in [0.25, 0.3) is 15.9 Å². The molecule has 1 atom stereocenters. The Morgan fingerprint density at radius 2 is 1.61 bits per heavy atom. The van der Waals surface area contributed by atoms with E-state index in [4.69, 9.17) is 4.74 Å². The van der Waals surface area contributed by atoms with Crippen molar-refractivity contribution in [3.05, 3.63) is 87.5 Å². The number of halogens is 1. The molecule has 9 heteroatoms. The number of benzene rings is 3. The molecule has 0 aliphatic carbocycles. The Hall–Kier alpha value is -2.92. The fourth-order valence-corrected chi connectivity index (χ4v) is 4.34. The fraction of sp³-hybridized carbons (Fsp3) is 0.167. The van der Waals surface area contributed by atoms with Crippen molar-refractivity contribution in [1.82, 2.24) is 0 Å². The van der Waals surface area contributed by atoms with Crippen LogP contribution < -0.4 is 10.0 Å². The van der Waals surface area contributed by atoms with Crippen molar-refractivity contribution in [2.45, 2.75) is 31.3 Å². The van der Waals surface area contributed by atoms with Gasteiger partial charge < -0.3 is 10.1 Å². The zero-order valence-corrected chi connectivity index (χ0v) is 21.0. The summed E-state index contributed by atoms with van der Waals surface area (Å²) in [5.74, 6) is -1.29. The van der Waals surface area contributed by atoms with E-state index in [1.54, 1.807) is 36.4 Å². The lowest BCUT2D eigenvalue weighted by Gasteiger charge is -2.14. The Kier molecular flexibility index (Phi) is 8.09. The number of hydrogen-bond acceptors (Lipinski definition) is 5. The molecule has 0 unspecified atom stereocenters. The molecule has 0 spiro atoms. The number of anilines is 2. The quantitative estimate of drug-likeness (QED) is 0.295. The minimum Gasteiger partial charge on any atom is -0.449 e. The molecule has 3 aromatic carbocycles. The second-order valence-corrected chi connectivity index (χ2v) is 10.2. The van der Waals surface area contributed by atoms with E-state index < -0.39 is 28.0 Å². The molecule has 0 aromatic heterocycles. The fourth-order valence-electron chi connectivity index (χ4n) is 2.87. The van der Waals surface area contributed by atoms with E-state index in [9.17, 15) is 18.0 Å². The summed E-state index contributed by atoms with van der Waals surface area (Å²) in [4.78, 5) is 24.9. The van der Waals surface area contributed by atoms with E-state index in [0.29, 0.717) is 11.4 Å². The van der Waals surface area contributed by atoms with Gasteiger partial charge in [-0.1, -0.05) is 25.1 Å². The summed E-state index contributed by atoms with van der Waals surface area (Å²) in [6.45, 7) is 3.49. The molecule has 1 amide bonds. The van der Waals surface area contributed by atoms with E-state index in [-0.39, 0.29) is 10.5 Å². The van der Waals surface area contributed by atoms with Gasteiger partial charge in [0.2, 0.25) is 0 Å². The SMILES string of the molecule is CCc1ccc(NC(=O)[C@H](C)OC(=O)c2cccc(S(=O)(=O)Nc3ccc(I)cc3)c2)cc1. The van der Waals surface area contributed by atoms with Crippen LogP contribution in [0.1, 0.15) is 29.8 Å². The maximum Gasteiger partial charge on any atom is 0.338 e. The highest BCUT2D eigenvalue weighted by Crippen LogP contribution is 2.19.